The van der Waals surface area contributed by atoms with E-state index >= 15 is 0 Å². The quantitative estimate of drug-likeness (QED) is 0.750. The highest BCUT2D eigenvalue weighted by atomic mass is 16.5. The van der Waals surface area contributed by atoms with Crippen molar-refractivity contribution in [3.63, 3.8) is 0 Å². The molecule has 4 rings (SSSR count). The highest BCUT2D eigenvalue weighted by molar-refractivity contribution is 6.08. The van der Waals surface area contributed by atoms with E-state index in [-0.39, 0.29) is 18.4 Å². The number of ether oxygens (including phenoxy) is 1. The number of fused-ring (bicyclic) bond motifs is 1. The highest BCUT2D eigenvalue weighted by Crippen LogP contribution is 2.34. The first-order valence-corrected chi connectivity index (χ1v) is 8.76. The third-order valence-corrected chi connectivity index (χ3v) is 4.46. The lowest BCUT2D eigenvalue weighted by atomic mass is 10.1. The molecule has 8 heteroatoms. The standard InChI is InChI=1S/C20H18N4O4/c1-12-22-19(28-23-12)13-7-9-14(10-8-13)20(26)24-11-17(18(25)21-2)27-16-6-4-3-5-15(16)24/h3-10,17H,11H2,1-2H3,(H,21,25). The number of anilines is 1. The van der Waals surface area contributed by atoms with Gasteiger partial charge in [0.2, 0.25) is 0 Å². The molecule has 0 aliphatic carbocycles. The fourth-order valence-electron chi connectivity index (χ4n) is 3.05. The summed E-state index contributed by atoms with van der Waals surface area (Å²) in [5, 5.41) is 6.34. The van der Waals surface area contributed by atoms with Crippen LogP contribution in [-0.4, -0.2) is 41.7 Å². The lowest BCUT2D eigenvalue weighted by Crippen LogP contribution is -2.50. The number of hydrogen-bond acceptors (Lipinski definition) is 6. The SMILES string of the molecule is CNC(=O)C1CN(C(=O)c2ccc(-c3nc(C)no3)cc2)c2ccccc2O1. The van der Waals surface area contributed by atoms with Crippen molar-refractivity contribution in [2.45, 2.75) is 13.0 Å². The second kappa shape index (κ2) is 7.15. The van der Waals surface area contributed by atoms with Gasteiger partial charge in [-0.25, -0.2) is 0 Å². The van der Waals surface area contributed by atoms with Gasteiger partial charge in [-0.1, -0.05) is 17.3 Å². The second-order valence-corrected chi connectivity index (χ2v) is 6.33. The number of benzene rings is 2. The molecule has 0 radical (unpaired) electrons. The normalized spacial score (nSPS) is 15.5. The van der Waals surface area contributed by atoms with Crippen LogP contribution in [0.3, 0.4) is 0 Å². The molecule has 2 amide bonds. The Hall–Kier alpha value is -3.68. The average molecular weight is 378 g/mol. The van der Waals surface area contributed by atoms with E-state index in [4.69, 9.17) is 9.26 Å². The Labute approximate surface area is 161 Å². The molecule has 0 fully saturated rings. The van der Waals surface area contributed by atoms with Crippen LogP contribution in [0, 0.1) is 6.92 Å². The number of carbonyl (C=O) groups is 2. The zero-order valence-electron chi connectivity index (χ0n) is 15.4. The van der Waals surface area contributed by atoms with E-state index in [0.717, 1.165) is 5.56 Å². The monoisotopic (exact) mass is 378 g/mol. The van der Waals surface area contributed by atoms with E-state index in [0.29, 0.717) is 28.7 Å². The first kappa shape index (κ1) is 17.7. The predicted octanol–water partition coefficient (Wildman–Crippen LogP) is 2.20. The summed E-state index contributed by atoms with van der Waals surface area (Å²) in [6.45, 7) is 1.86. The molecule has 8 nitrogen and oxygen atoms in total. The zero-order valence-corrected chi connectivity index (χ0v) is 15.4. The number of hydrogen-bond donors (Lipinski definition) is 1. The van der Waals surface area contributed by atoms with Crippen LogP contribution in [0.25, 0.3) is 11.5 Å². The third kappa shape index (κ3) is 3.20. The van der Waals surface area contributed by atoms with Gasteiger partial charge in [0.25, 0.3) is 17.7 Å². The van der Waals surface area contributed by atoms with Gasteiger partial charge in [0.1, 0.15) is 5.75 Å². The lowest BCUT2D eigenvalue weighted by Gasteiger charge is -2.34. The van der Waals surface area contributed by atoms with Gasteiger partial charge in [-0.3, -0.25) is 9.59 Å². The topological polar surface area (TPSA) is 97.6 Å². The summed E-state index contributed by atoms with van der Waals surface area (Å²) in [6.07, 6.45) is -0.774. The van der Waals surface area contributed by atoms with Crippen LogP contribution in [0.5, 0.6) is 5.75 Å². The minimum absolute atomic E-state index is 0.125. The molecular weight excluding hydrogens is 360 g/mol. The molecular formula is C20H18N4O4. The summed E-state index contributed by atoms with van der Waals surface area (Å²) in [7, 11) is 1.54. The number of nitrogens with zero attached hydrogens (tertiary/aromatic N) is 3. The molecule has 1 unspecified atom stereocenters. The number of carbonyl (C=O) groups excluding carboxylic acids is 2. The van der Waals surface area contributed by atoms with Gasteiger partial charge in [-0.05, 0) is 43.3 Å². The lowest BCUT2D eigenvalue weighted by molar-refractivity contribution is -0.127. The molecule has 2 aromatic carbocycles. The van der Waals surface area contributed by atoms with Crippen molar-refractivity contribution in [1.82, 2.24) is 15.5 Å². The maximum Gasteiger partial charge on any atom is 0.262 e. The summed E-state index contributed by atoms with van der Waals surface area (Å²) in [6, 6.07) is 14.1. The number of amides is 2. The molecule has 0 saturated heterocycles. The Balaban J connectivity index is 1.63. The van der Waals surface area contributed by atoms with Gasteiger partial charge in [0.15, 0.2) is 11.9 Å². The van der Waals surface area contributed by atoms with Crippen molar-refractivity contribution >= 4 is 17.5 Å². The van der Waals surface area contributed by atoms with Gasteiger partial charge in [-0.15, -0.1) is 0 Å². The molecule has 3 aromatic rings. The van der Waals surface area contributed by atoms with Gasteiger partial charge < -0.3 is 19.5 Å². The minimum Gasteiger partial charge on any atom is -0.477 e. The van der Waals surface area contributed by atoms with Crippen LogP contribution in [0.4, 0.5) is 5.69 Å². The first-order valence-electron chi connectivity index (χ1n) is 8.76. The zero-order chi connectivity index (χ0) is 19.7. The Morgan fingerprint density at radius 1 is 1.14 bits per heavy atom. The maximum absolute atomic E-state index is 13.2. The molecule has 0 spiro atoms. The third-order valence-electron chi connectivity index (χ3n) is 4.46. The van der Waals surface area contributed by atoms with Crippen LogP contribution in [0.15, 0.2) is 53.1 Å². The fourth-order valence-corrected chi connectivity index (χ4v) is 3.05. The number of aromatic nitrogens is 2. The van der Waals surface area contributed by atoms with Gasteiger partial charge in [0.05, 0.1) is 12.2 Å². The Morgan fingerprint density at radius 2 is 1.89 bits per heavy atom. The Kier molecular flexibility index (Phi) is 4.52. The molecule has 1 aliphatic heterocycles. The number of para-hydroxylation sites is 2. The van der Waals surface area contributed by atoms with Crippen molar-refractivity contribution < 1.29 is 18.8 Å². The van der Waals surface area contributed by atoms with Gasteiger partial charge >= 0.3 is 0 Å². The largest absolute Gasteiger partial charge is 0.477 e. The molecule has 1 aliphatic rings. The number of rotatable bonds is 3. The number of likely N-dealkylation sites (N-methyl/N-ethyl adjacent to an activating group) is 1. The van der Waals surface area contributed by atoms with Crippen molar-refractivity contribution in [2.75, 3.05) is 18.5 Å². The Morgan fingerprint density at radius 3 is 2.57 bits per heavy atom. The van der Waals surface area contributed by atoms with E-state index in [1.807, 2.05) is 6.07 Å². The summed E-state index contributed by atoms with van der Waals surface area (Å²) < 4.78 is 10.9. The van der Waals surface area contributed by atoms with Crippen molar-refractivity contribution in [2.24, 2.45) is 0 Å². The van der Waals surface area contributed by atoms with Crippen LogP contribution in [0.1, 0.15) is 16.2 Å². The number of aryl methyl sites for hydroxylation is 1. The van der Waals surface area contributed by atoms with Crippen molar-refractivity contribution in [1.29, 1.82) is 0 Å². The van der Waals surface area contributed by atoms with E-state index in [1.165, 1.54) is 7.05 Å². The molecule has 1 aromatic heterocycles. The molecule has 0 saturated carbocycles. The highest BCUT2D eigenvalue weighted by Gasteiger charge is 2.33. The molecule has 28 heavy (non-hydrogen) atoms. The first-order chi connectivity index (χ1) is 13.6. The molecule has 1 atom stereocenters. The van der Waals surface area contributed by atoms with E-state index in [2.05, 4.69) is 15.5 Å². The smallest absolute Gasteiger partial charge is 0.262 e. The maximum atomic E-state index is 13.2. The molecule has 1 N–H and O–H groups in total. The van der Waals surface area contributed by atoms with Gasteiger partial charge in [0, 0.05) is 18.2 Å². The van der Waals surface area contributed by atoms with Crippen molar-refractivity contribution in [3.05, 3.63) is 59.9 Å². The summed E-state index contributed by atoms with van der Waals surface area (Å²) >= 11 is 0. The molecule has 0 bridgehead atoms. The van der Waals surface area contributed by atoms with E-state index < -0.39 is 6.10 Å². The molecule has 2 heterocycles. The minimum atomic E-state index is -0.774. The predicted molar refractivity (Wildman–Crippen MR) is 101 cm³/mol. The van der Waals surface area contributed by atoms with E-state index in [1.54, 1.807) is 54.3 Å². The van der Waals surface area contributed by atoms with Crippen molar-refractivity contribution in [3.8, 4) is 17.2 Å². The average Bonchev–Trinajstić information content (AvgIpc) is 3.18. The Bertz CT molecular complexity index is 1030. The fraction of sp³-hybridized carbons (Fsp3) is 0.200. The van der Waals surface area contributed by atoms with Crippen LogP contribution < -0.4 is 15.0 Å². The summed E-state index contributed by atoms with van der Waals surface area (Å²) in [4.78, 5) is 31.0. The van der Waals surface area contributed by atoms with Crippen LogP contribution >= 0.6 is 0 Å². The summed E-state index contributed by atoms with van der Waals surface area (Å²) in [5.41, 5.74) is 1.83. The second-order valence-electron chi connectivity index (χ2n) is 6.33. The number of nitrogens with one attached hydrogen (secondary N) is 1. The van der Waals surface area contributed by atoms with E-state index in [9.17, 15) is 9.59 Å². The molecule has 142 valence electrons. The van der Waals surface area contributed by atoms with Gasteiger partial charge in [-0.2, -0.15) is 4.98 Å². The van der Waals surface area contributed by atoms with Crippen LogP contribution in [0.2, 0.25) is 0 Å². The summed E-state index contributed by atoms with van der Waals surface area (Å²) in [5.74, 6) is 0.925. The van der Waals surface area contributed by atoms with Crippen LogP contribution in [-0.2, 0) is 4.79 Å².